The monoisotopic (exact) mass is 166 g/mol. The van der Waals surface area contributed by atoms with Crippen molar-refractivity contribution in [3.63, 3.8) is 0 Å². The van der Waals surface area contributed by atoms with Crippen molar-refractivity contribution < 1.29 is 0 Å². The van der Waals surface area contributed by atoms with Crippen molar-refractivity contribution in [2.75, 3.05) is 6.54 Å². The van der Waals surface area contributed by atoms with E-state index in [1.54, 1.807) is 0 Å². The molecule has 0 aliphatic heterocycles. The highest BCUT2D eigenvalue weighted by molar-refractivity contribution is 5.78. The van der Waals surface area contributed by atoms with Gasteiger partial charge in [-0.3, -0.25) is 4.99 Å². The zero-order valence-corrected chi connectivity index (χ0v) is 7.79. The maximum absolute atomic E-state index is 5.44. The summed E-state index contributed by atoms with van der Waals surface area (Å²) in [6.45, 7) is 6.35. The highest BCUT2D eigenvalue weighted by Crippen LogP contribution is 2.00. The van der Waals surface area contributed by atoms with Crippen LogP contribution in [0.3, 0.4) is 0 Å². The highest BCUT2D eigenvalue weighted by atomic mass is 14.7. The summed E-state index contributed by atoms with van der Waals surface area (Å²) < 4.78 is 0. The van der Waals surface area contributed by atoms with E-state index in [-0.39, 0.29) is 0 Å². The van der Waals surface area contributed by atoms with Gasteiger partial charge in [0.05, 0.1) is 0 Å². The lowest BCUT2D eigenvalue weighted by atomic mass is 10.1. The third-order valence-corrected chi connectivity index (χ3v) is 1.47. The van der Waals surface area contributed by atoms with Gasteiger partial charge < -0.3 is 5.73 Å². The fraction of sp³-hybridized carbons (Fsp3) is 0.500. The lowest BCUT2D eigenvalue weighted by molar-refractivity contribution is 0.927. The van der Waals surface area contributed by atoms with Gasteiger partial charge in [0.15, 0.2) is 0 Å². The van der Waals surface area contributed by atoms with Crippen LogP contribution in [0.15, 0.2) is 29.4 Å². The number of hydrogen-bond donors (Lipinski definition) is 1. The fourth-order valence-electron chi connectivity index (χ4n) is 0.864. The van der Waals surface area contributed by atoms with Gasteiger partial charge >= 0.3 is 0 Å². The highest BCUT2D eigenvalue weighted by Gasteiger charge is 1.89. The van der Waals surface area contributed by atoms with Gasteiger partial charge in [0.25, 0.3) is 0 Å². The van der Waals surface area contributed by atoms with E-state index >= 15 is 0 Å². The summed E-state index contributed by atoms with van der Waals surface area (Å²) in [5.41, 5.74) is 6.65. The molecule has 0 aliphatic rings. The molecule has 2 N–H and O–H groups in total. The molecule has 0 heterocycles. The first-order valence-corrected chi connectivity index (χ1v) is 4.38. The lowest BCUT2D eigenvalue weighted by Crippen LogP contribution is -2.01. The molecule has 12 heavy (non-hydrogen) atoms. The summed E-state index contributed by atoms with van der Waals surface area (Å²) >= 11 is 0. The summed E-state index contributed by atoms with van der Waals surface area (Å²) in [5, 5.41) is 0. The van der Waals surface area contributed by atoms with Crippen LogP contribution in [0.2, 0.25) is 0 Å². The molecule has 0 bridgehead atoms. The molecule has 0 fully saturated rings. The van der Waals surface area contributed by atoms with E-state index in [0.717, 1.165) is 19.3 Å². The van der Waals surface area contributed by atoms with E-state index in [2.05, 4.69) is 24.6 Å². The number of nitrogens with two attached hydrogens (primary N) is 1. The SMILES string of the molecule is C=CN=C/C(=C/CCC)CCN. The third kappa shape index (κ3) is 5.86. The molecule has 0 saturated carbocycles. The summed E-state index contributed by atoms with van der Waals surface area (Å²) in [7, 11) is 0. The van der Waals surface area contributed by atoms with Crippen LogP contribution >= 0.6 is 0 Å². The van der Waals surface area contributed by atoms with E-state index in [1.165, 1.54) is 11.8 Å². The first-order chi connectivity index (χ1) is 5.85. The van der Waals surface area contributed by atoms with Crippen molar-refractivity contribution in [1.82, 2.24) is 0 Å². The van der Waals surface area contributed by atoms with Crippen LogP contribution < -0.4 is 5.73 Å². The van der Waals surface area contributed by atoms with Crippen LogP contribution in [0.5, 0.6) is 0 Å². The first kappa shape index (κ1) is 11.1. The number of unbranched alkanes of at least 4 members (excludes halogenated alkanes) is 1. The zero-order valence-electron chi connectivity index (χ0n) is 7.79. The van der Waals surface area contributed by atoms with Gasteiger partial charge in [-0.25, -0.2) is 0 Å². The molecule has 68 valence electrons. The van der Waals surface area contributed by atoms with Gasteiger partial charge in [-0.15, -0.1) is 0 Å². The molecule has 0 radical (unpaired) electrons. The molecular weight excluding hydrogens is 148 g/mol. The van der Waals surface area contributed by atoms with Gasteiger partial charge in [-0.05, 0) is 25.0 Å². The predicted octanol–water partition coefficient (Wildman–Crippen LogP) is 2.28. The van der Waals surface area contributed by atoms with Crippen molar-refractivity contribution in [2.45, 2.75) is 26.2 Å². The van der Waals surface area contributed by atoms with Gasteiger partial charge in [-0.1, -0.05) is 26.0 Å². The number of aliphatic imine (C=N–C) groups is 1. The Balaban J connectivity index is 4.01. The lowest BCUT2D eigenvalue weighted by Gasteiger charge is -1.97. The van der Waals surface area contributed by atoms with Crippen molar-refractivity contribution >= 4 is 6.21 Å². The van der Waals surface area contributed by atoms with Gasteiger partial charge in [0.1, 0.15) is 0 Å². The average molecular weight is 166 g/mol. The van der Waals surface area contributed by atoms with Gasteiger partial charge in [0, 0.05) is 12.4 Å². The molecule has 0 rings (SSSR count). The van der Waals surface area contributed by atoms with Crippen LogP contribution in [-0.4, -0.2) is 12.8 Å². The number of rotatable bonds is 6. The summed E-state index contributed by atoms with van der Waals surface area (Å²) in [6.07, 6.45) is 8.71. The van der Waals surface area contributed by atoms with Crippen molar-refractivity contribution in [3.8, 4) is 0 Å². The zero-order chi connectivity index (χ0) is 9.23. The Morgan fingerprint density at radius 1 is 1.58 bits per heavy atom. The largest absolute Gasteiger partial charge is 0.330 e. The summed E-state index contributed by atoms with van der Waals surface area (Å²) in [4.78, 5) is 3.96. The van der Waals surface area contributed by atoms with Crippen LogP contribution in [0.25, 0.3) is 0 Å². The van der Waals surface area contributed by atoms with Crippen LogP contribution in [-0.2, 0) is 0 Å². The molecule has 0 amide bonds. The van der Waals surface area contributed by atoms with E-state index in [9.17, 15) is 0 Å². The van der Waals surface area contributed by atoms with Crippen molar-refractivity contribution in [3.05, 3.63) is 24.4 Å². The van der Waals surface area contributed by atoms with Crippen LogP contribution in [0.4, 0.5) is 0 Å². The second kappa shape index (κ2) is 8.21. The maximum atomic E-state index is 5.44. The van der Waals surface area contributed by atoms with E-state index in [1.807, 2.05) is 6.21 Å². The Labute approximate surface area is 74.9 Å². The Hall–Kier alpha value is -0.890. The molecular formula is C10H18N2. The second-order valence-electron chi connectivity index (χ2n) is 2.57. The van der Waals surface area contributed by atoms with Crippen LogP contribution in [0.1, 0.15) is 26.2 Å². The number of nitrogens with zero attached hydrogens (tertiary/aromatic N) is 1. The Morgan fingerprint density at radius 2 is 2.33 bits per heavy atom. The average Bonchev–Trinajstić information content (AvgIpc) is 2.10. The number of allylic oxidation sites excluding steroid dienone is 1. The first-order valence-electron chi connectivity index (χ1n) is 4.38. The molecule has 0 aromatic carbocycles. The Bertz CT molecular complexity index is 169. The Kier molecular flexibility index (Phi) is 7.60. The fourth-order valence-corrected chi connectivity index (χ4v) is 0.864. The molecule has 0 saturated heterocycles. The predicted molar refractivity (Wildman–Crippen MR) is 55.4 cm³/mol. The van der Waals surface area contributed by atoms with Gasteiger partial charge in [-0.2, -0.15) is 0 Å². The second-order valence-corrected chi connectivity index (χ2v) is 2.57. The normalized spacial score (nSPS) is 12.3. The van der Waals surface area contributed by atoms with Gasteiger partial charge in [0.2, 0.25) is 0 Å². The van der Waals surface area contributed by atoms with E-state index in [0.29, 0.717) is 6.54 Å². The minimum atomic E-state index is 0.679. The summed E-state index contributed by atoms with van der Waals surface area (Å²) in [6, 6.07) is 0. The maximum Gasteiger partial charge on any atom is 0.0296 e. The van der Waals surface area contributed by atoms with E-state index in [4.69, 9.17) is 5.73 Å². The summed E-state index contributed by atoms with van der Waals surface area (Å²) in [5.74, 6) is 0. The molecule has 2 nitrogen and oxygen atoms in total. The molecule has 0 aromatic rings. The van der Waals surface area contributed by atoms with E-state index < -0.39 is 0 Å². The molecule has 0 unspecified atom stereocenters. The van der Waals surface area contributed by atoms with Crippen molar-refractivity contribution in [1.29, 1.82) is 0 Å². The molecule has 0 aliphatic carbocycles. The standard InChI is InChI=1S/C10H18N2/c1-3-5-6-10(7-8-11)9-12-4-2/h4,6,9H,2-3,5,7-8,11H2,1H3/b10-6+,12-9?. The number of hydrogen-bond acceptors (Lipinski definition) is 2. The molecule has 0 spiro atoms. The van der Waals surface area contributed by atoms with Crippen molar-refractivity contribution in [2.24, 2.45) is 10.7 Å². The third-order valence-electron chi connectivity index (χ3n) is 1.47. The topological polar surface area (TPSA) is 38.4 Å². The molecule has 2 heteroatoms. The molecule has 0 aromatic heterocycles. The minimum Gasteiger partial charge on any atom is -0.330 e. The minimum absolute atomic E-state index is 0.679. The Morgan fingerprint density at radius 3 is 2.83 bits per heavy atom. The molecule has 0 atom stereocenters. The van der Waals surface area contributed by atoms with Crippen LogP contribution in [0, 0.1) is 0 Å². The smallest absolute Gasteiger partial charge is 0.0296 e. The quantitative estimate of drug-likeness (QED) is 0.604.